The minimum Gasteiger partial charge on any atom is -0.455 e. The molecule has 0 unspecified atom stereocenters. The number of hydrogen-bond donors (Lipinski definition) is 3. The van der Waals surface area contributed by atoms with Crippen molar-refractivity contribution < 1.29 is 4.42 Å². The van der Waals surface area contributed by atoms with Crippen LogP contribution in [0.3, 0.4) is 0 Å². The summed E-state index contributed by atoms with van der Waals surface area (Å²) in [5.41, 5.74) is 5.33. The van der Waals surface area contributed by atoms with Gasteiger partial charge in [-0.25, -0.2) is 5.43 Å². The van der Waals surface area contributed by atoms with E-state index in [-0.39, 0.29) is 5.95 Å². The molecule has 178 valence electrons. The molecule has 0 saturated carbocycles. The Bertz CT molecular complexity index is 1430. The van der Waals surface area contributed by atoms with Gasteiger partial charge in [0, 0.05) is 16.9 Å². The number of aromatic nitrogens is 3. The van der Waals surface area contributed by atoms with Crippen molar-refractivity contribution in [2.45, 2.75) is 0 Å². The third kappa shape index (κ3) is 5.99. The number of para-hydroxylation sites is 2. The maximum atomic E-state index is 6.11. The molecule has 0 atom stereocenters. The van der Waals surface area contributed by atoms with Crippen molar-refractivity contribution in [1.82, 2.24) is 15.0 Å². The Kier molecular flexibility index (Phi) is 7.07. The molecular formula is C26H19Cl2N7O. The summed E-state index contributed by atoms with van der Waals surface area (Å²) in [6, 6.07) is 28.2. The average molecular weight is 516 g/mol. The summed E-state index contributed by atoms with van der Waals surface area (Å²) in [5.74, 6) is 2.12. The molecule has 0 spiro atoms. The Morgan fingerprint density at radius 3 is 1.89 bits per heavy atom. The van der Waals surface area contributed by atoms with Gasteiger partial charge in [0.15, 0.2) is 0 Å². The zero-order valence-corrected chi connectivity index (χ0v) is 20.2. The molecule has 0 aliphatic rings. The van der Waals surface area contributed by atoms with Crippen LogP contribution in [0.25, 0.3) is 11.3 Å². The van der Waals surface area contributed by atoms with Crippen LogP contribution in [-0.2, 0) is 0 Å². The van der Waals surface area contributed by atoms with Crippen LogP contribution in [0.4, 0.5) is 29.2 Å². The number of furan rings is 1. The van der Waals surface area contributed by atoms with Gasteiger partial charge in [-0.15, -0.1) is 0 Å². The van der Waals surface area contributed by atoms with Crippen LogP contribution in [0.2, 0.25) is 10.0 Å². The quantitative estimate of drug-likeness (QED) is 0.146. The van der Waals surface area contributed by atoms with Gasteiger partial charge in [-0.3, -0.25) is 0 Å². The van der Waals surface area contributed by atoms with Gasteiger partial charge >= 0.3 is 0 Å². The van der Waals surface area contributed by atoms with Gasteiger partial charge in [-0.05, 0) is 54.6 Å². The molecule has 0 aliphatic heterocycles. The van der Waals surface area contributed by atoms with Crippen LogP contribution in [0.15, 0.2) is 101 Å². The van der Waals surface area contributed by atoms with E-state index in [1.54, 1.807) is 18.2 Å². The van der Waals surface area contributed by atoms with E-state index >= 15 is 0 Å². The summed E-state index contributed by atoms with van der Waals surface area (Å²) < 4.78 is 5.84. The topological polar surface area (TPSA) is 100 Å². The second-order valence-electron chi connectivity index (χ2n) is 7.49. The highest BCUT2D eigenvalue weighted by atomic mass is 35.5. The molecule has 10 heteroatoms. The zero-order valence-electron chi connectivity index (χ0n) is 18.7. The third-order valence-electron chi connectivity index (χ3n) is 4.88. The number of anilines is 5. The van der Waals surface area contributed by atoms with Crippen molar-refractivity contribution >= 4 is 58.6 Å². The molecule has 0 radical (unpaired) electrons. The lowest BCUT2D eigenvalue weighted by molar-refractivity contribution is 0.575. The van der Waals surface area contributed by atoms with Crippen LogP contribution in [0.1, 0.15) is 5.76 Å². The predicted molar refractivity (Wildman–Crippen MR) is 145 cm³/mol. The number of hydrazone groups is 1. The predicted octanol–water partition coefficient (Wildman–Crippen LogP) is 7.37. The number of halogens is 2. The fourth-order valence-electron chi connectivity index (χ4n) is 3.22. The summed E-state index contributed by atoms with van der Waals surface area (Å²) in [7, 11) is 0. The molecule has 2 aromatic heterocycles. The van der Waals surface area contributed by atoms with E-state index in [2.05, 4.69) is 36.1 Å². The Morgan fingerprint density at radius 2 is 1.28 bits per heavy atom. The van der Waals surface area contributed by atoms with Crippen LogP contribution in [-0.4, -0.2) is 21.2 Å². The number of rotatable bonds is 8. The summed E-state index contributed by atoms with van der Waals surface area (Å²) in [4.78, 5) is 13.3. The van der Waals surface area contributed by atoms with E-state index in [0.717, 1.165) is 16.9 Å². The first-order chi connectivity index (χ1) is 17.6. The van der Waals surface area contributed by atoms with E-state index in [1.807, 2.05) is 72.8 Å². The van der Waals surface area contributed by atoms with Gasteiger partial charge in [-0.1, -0.05) is 59.6 Å². The van der Waals surface area contributed by atoms with Crippen molar-refractivity contribution in [1.29, 1.82) is 0 Å². The molecule has 0 aliphatic carbocycles. The fourth-order valence-corrected chi connectivity index (χ4v) is 3.52. The minimum atomic E-state index is 0.245. The van der Waals surface area contributed by atoms with Gasteiger partial charge in [-0.2, -0.15) is 20.1 Å². The number of hydrogen-bond acceptors (Lipinski definition) is 8. The molecule has 0 saturated heterocycles. The van der Waals surface area contributed by atoms with Crippen LogP contribution >= 0.6 is 23.2 Å². The summed E-state index contributed by atoms with van der Waals surface area (Å²) >= 11 is 12.1. The second kappa shape index (κ2) is 10.9. The first-order valence-electron chi connectivity index (χ1n) is 10.9. The summed E-state index contributed by atoms with van der Waals surface area (Å²) in [6.07, 6.45) is 1.53. The van der Waals surface area contributed by atoms with E-state index in [4.69, 9.17) is 27.6 Å². The van der Waals surface area contributed by atoms with Crippen molar-refractivity contribution in [2.75, 3.05) is 16.1 Å². The molecule has 0 amide bonds. The molecular weight excluding hydrogens is 497 g/mol. The van der Waals surface area contributed by atoms with E-state index < -0.39 is 0 Å². The smallest absolute Gasteiger partial charge is 0.250 e. The highest BCUT2D eigenvalue weighted by molar-refractivity contribution is 6.42. The van der Waals surface area contributed by atoms with Gasteiger partial charge in [0.25, 0.3) is 0 Å². The highest BCUT2D eigenvalue weighted by Gasteiger charge is 2.09. The Labute approximate surface area is 217 Å². The van der Waals surface area contributed by atoms with Crippen LogP contribution in [0.5, 0.6) is 0 Å². The van der Waals surface area contributed by atoms with Crippen molar-refractivity contribution in [3.8, 4) is 11.3 Å². The van der Waals surface area contributed by atoms with Crippen molar-refractivity contribution in [3.05, 3.63) is 107 Å². The van der Waals surface area contributed by atoms with Gasteiger partial charge in [0.2, 0.25) is 17.8 Å². The third-order valence-corrected chi connectivity index (χ3v) is 5.62. The van der Waals surface area contributed by atoms with Crippen molar-refractivity contribution in [2.24, 2.45) is 5.10 Å². The first kappa shape index (κ1) is 23.3. The largest absolute Gasteiger partial charge is 0.455 e. The lowest BCUT2D eigenvalue weighted by Crippen LogP contribution is -2.07. The molecule has 36 heavy (non-hydrogen) atoms. The van der Waals surface area contributed by atoms with E-state index in [1.165, 1.54) is 6.21 Å². The molecule has 0 fully saturated rings. The molecule has 0 bridgehead atoms. The Hall–Kier alpha value is -4.40. The number of nitrogens with one attached hydrogen (secondary N) is 3. The average Bonchev–Trinajstić information content (AvgIpc) is 3.36. The Morgan fingerprint density at radius 1 is 0.667 bits per heavy atom. The first-order valence-corrected chi connectivity index (χ1v) is 11.6. The second-order valence-corrected chi connectivity index (χ2v) is 8.30. The molecule has 5 aromatic rings. The van der Waals surface area contributed by atoms with Crippen molar-refractivity contribution in [3.63, 3.8) is 0 Å². The standard InChI is InChI=1S/C26H19Cl2N7O/c27-21-13-11-17(15-22(21)28)23-14-12-20(36-23)16-29-35-26-33-24(30-18-7-3-1-4-8-18)32-25(34-26)31-19-9-5-2-6-10-19/h1-16H,(H3,30,31,32,33,34,35). The molecule has 8 nitrogen and oxygen atoms in total. The van der Waals surface area contributed by atoms with Crippen LogP contribution < -0.4 is 16.1 Å². The number of nitrogens with zero attached hydrogens (tertiary/aromatic N) is 4. The van der Waals surface area contributed by atoms with E-state index in [9.17, 15) is 0 Å². The van der Waals surface area contributed by atoms with Crippen LogP contribution in [0, 0.1) is 0 Å². The molecule has 3 N–H and O–H groups in total. The van der Waals surface area contributed by atoms with Gasteiger partial charge < -0.3 is 15.1 Å². The Balaban J connectivity index is 1.34. The highest BCUT2D eigenvalue weighted by Crippen LogP contribution is 2.29. The summed E-state index contributed by atoms with van der Waals surface area (Å²) in [5, 5.41) is 11.5. The molecule has 2 heterocycles. The fraction of sp³-hybridized carbons (Fsp3) is 0. The lowest BCUT2D eigenvalue weighted by atomic mass is 10.2. The normalized spacial score (nSPS) is 10.9. The van der Waals surface area contributed by atoms with Gasteiger partial charge in [0.1, 0.15) is 11.5 Å². The lowest BCUT2D eigenvalue weighted by Gasteiger charge is -2.10. The SMILES string of the molecule is Clc1ccc(-c2ccc(C=NNc3nc(Nc4ccccc4)nc(Nc4ccccc4)n3)o2)cc1Cl. The van der Waals surface area contributed by atoms with E-state index in [0.29, 0.717) is 33.5 Å². The van der Waals surface area contributed by atoms with Gasteiger partial charge in [0.05, 0.1) is 16.3 Å². The maximum absolute atomic E-state index is 6.11. The molecule has 3 aromatic carbocycles. The molecule has 5 rings (SSSR count). The minimum absolute atomic E-state index is 0.245. The zero-order chi connectivity index (χ0) is 24.7. The monoisotopic (exact) mass is 515 g/mol. The maximum Gasteiger partial charge on any atom is 0.250 e. The summed E-state index contributed by atoms with van der Waals surface area (Å²) in [6.45, 7) is 0. The number of benzene rings is 3.